The van der Waals surface area contributed by atoms with Gasteiger partial charge in [0.05, 0.1) is 11.4 Å². The fraction of sp³-hybridized carbons (Fsp3) is 0.391. The van der Waals surface area contributed by atoms with Gasteiger partial charge in [0, 0.05) is 50.7 Å². The number of hydrogen-bond acceptors (Lipinski definition) is 5. The van der Waals surface area contributed by atoms with Crippen LogP contribution in [0.1, 0.15) is 24.0 Å². The van der Waals surface area contributed by atoms with Crippen molar-refractivity contribution in [3.63, 3.8) is 0 Å². The molecule has 3 rings (SSSR count). The van der Waals surface area contributed by atoms with E-state index in [1.54, 1.807) is 24.1 Å². The molecule has 9 heteroatoms. The molecule has 0 radical (unpaired) electrons. The molecule has 0 atom stereocenters. The fourth-order valence-electron chi connectivity index (χ4n) is 3.41. The first-order valence-electron chi connectivity index (χ1n) is 10.6. The van der Waals surface area contributed by atoms with Gasteiger partial charge in [-0.25, -0.2) is 12.7 Å². The Bertz CT molecular complexity index is 1070. The van der Waals surface area contributed by atoms with Crippen molar-refractivity contribution in [1.29, 1.82) is 0 Å². The molecule has 2 aromatic rings. The normalized spacial score (nSPS) is 13.7. The summed E-state index contributed by atoms with van der Waals surface area (Å²) in [6, 6.07) is 14.4. The maximum Gasteiger partial charge on any atom is 0.242 e. The minimum atomic E-state index is -3.62. The van der Waals surface area contributed by atoms with Crippen LogP contribution in [-0.2, 0) is 21.2 Å². The summed E-state index contributed by atoms with van der Waals surface area (Å²) in [5, 5.41) is 3.63. The van der Waals surface area contributed by atoms with E-state index >= 15 is 0 Å². The van der Waals surface area contributed by atoms with Crippen molar-refractivity contribution in [2.24, 2.45) is 4.99 Å². The second kappa shape index (κ2) is 10.9. The van der Waals surface area contributed by atoms with Crippen LogP contribution in [0.4, 0.5) is 0 Å². The Morgan fingerprint density at radius 1 is 1.12 bits per heavy atom. The maximum atomic E-state index is 12.6. The van der Waals surface area contributed by atoms with Crippen LogP contribution in [0.25, 0.3) is 0 Å². The van der Waals surface area contributed by atoms with Crippen molar-refractivity contribution in [1.82, 2.24) is 14.5 Å². The molecule has 1 aliphatic rings. The Hall–Kier alpha value is -2.42. The van der Waals surface area contributed by atoms with Crippen molar-refractivity contribution in [2.75, 3.05) is 40.3 Å². The summed E-state index contributed by atoms with van der Waals surface area (Å²) < 4.78 is 26.5. The van der Waals surface area contributed by atoms with E-state index in [1.807, 2.05) is 12.1 Å². The smallest absolute Gasteiger partial charge is 0.242 e. The number of likely N-dealkylation sites (N-methyl/N-ethyl adjacent to an activating group) is 1. The molecule has 1 N–H and O–H groups in total. The lowest BCUT2D eigenvalue weighted by atomic mass is 10.1. The number of aliphatic imine (C=N–C) groups is 1. The number of nitrogens with one attached hydrogen (secondary N) is 1. The molecular weight excluding hydrogens is 448 g/mol. The monoisotopic (exact) mass is 476 g/mol. The number of halogens is 1. The average molecular weight is 477 g/mol. The molecule has 1 heterocycles. The van der Waals surface area contributed by atoms with Crippen LogP contribution in [0.5, 0.6) is 0 Å². The van der Waals surface area contributed by atoms with Gasteiger partial charge in [-0.3, -0.25) is 9.79 Å². The average Bonchev–Trinajstić information content (AvgIpc) is 3.32. The molecule has 0 aromatic heterocycles. The van der Waals surface area contributed by atoms with Gasteiger partial charge >= 0.3 is 0 Å². The summed E-state index contributed by atoms with van der Waals surface area (Å²) in [5.41, 5.74) is 2.23. The number of hydrogen-bond donors (Lipinski definition) is 1. The van der Waals surface area contributed by atoms with E-state index in [2.05, 4.69) is 22.4 Å². The molecule has 32 heavy (non-hydrogen) atoms. The Kier molecular flexibility index (Phi) is 8.28. The predicted molar refractivity (Wildman–Crippen MR) is 128 cm³/mol. The number of nitrogens with zero attached hydrogens (tertiary/aromatic N) is 3. The minimum Gasteiger partial charge on any atom is -0.368 e. The number of rotatable bonds is 10. The number of amidine groups is 1. The zero-order chi connectivity index (χ0) is 23.1. The molecule has 172 valence electrons. The van der Waals surface area contributed by atoms with Gasteiger partial charge in [-0.05, 0) is 36.6 Å². The van der Waals surface area contributed by atoms with Crippen LogP contribution in [0.15, 0.2) is 58.4 Å². The molecule has 2 aromatic carbocycles. The summed E-state index contributed by atoms with van der Waals surface area (Å²) in [6.07, 6.45) is 1.49. The standard InChI is InChI=1S/C23H29ClN4O3S/c1-27(16-12-18-8-10-19(11-9-18)23-25-13-14-26-23)22(29)7-4-15-28(2)32(30,31)21-6-3-5-20(24)17-21/h3,5-6,8-11,17H,4,7,12-16H2,1-2H3,(H,25,26). The van der Waals surface area contributed by atoms with Gasteiger partial charge in [0.1, 0.15) is 5.84 Å². The van der Waals surface area contributed by atoms with E-state index < -0.39 is 10.0 Å². The molecule has 0 spiro atoms. The van der Waals surface area contributed by atoms with E-state index in [-0.39, 0.29) is 23.8 Å². The summed E-state index contributed by atoms with van der Waals surface area (Å²) >= 11 is 5.91. The Morgan fingerprint density at radius 3 is 2.53 bits per heavy atom. The Labute approximate surface area is 195 Å². The number of carbonyl (C=O) groups excluding carboxylic acids is 1. The van der Waals surface area contributed by atoms with Gasteiger partial charge in [-0.1, -0.05) is 41.9 Å². The number of carbonyl (C=O) groups is 1. The van der Waals surface area contributed by atoms with Crippen LogP contribution in [-0.4, -0.2) is 69.6 Å². The molecule has 7 nitrogen and oxygen atoms in total. The third-order valence-electron chi connectivity index (χ3n) is 5.43. The van der Waals surface area contributed by atoms with Crippen LogP contribution < -0.4 is 5.32 Å². The van der Waals surface area contributed by atoms with Crippen LogP contribution in [0.3, 0.4) is 0 Å². The highest BCUT2D eigenvalue weighted by molar-refractivity contribution is 7.89. The molecule has 0 saturated heterocycles. The van der Waals surface area contributed by atoms with Gasteiger partial charge in [0.15, 0.2) is 0 Å². The summed E-state index contributed by atoms with van der Waals surface area (Å²) in [4.78, 5) is 18.7. The quantitative estimate of drug-likeness (QED) is 0.571. The predicted octanol–water partition coefficient (Wildman–Crippen LogP) is 2.79. The van der Waals surface area contributed by atoms with Crippen molar-refractivity contribution in [3.8, 4) is 0 Å². The SMILES string of the molecule is CN(CCc1ccc(C2=NCCN2)cc1)C(=O)CCCN(C)S(=O)(=O)c1cccc(Cl)c1. The molecule has 0 saturated carbocycles. The highest BCUT2D eigenvalue weighted by Gasteiger charge is 2.21. The lowest BCUT2D eigenvalue weighted by Crippen LogP contribution is -2.31. The van der Waals surface area contributed by atoms with Crippen LogP contribution >= 0.6 is 11.6 Å². The Morgan fingerprint density at radius 2 is 1.88 bits per heavy atom. The molecule has 1 aliphatic heterocycles. The first-order valence-corrected chi connectivity index (χ1v) is 12.4. The topological polar surface area (TPSA) is 82.1 Å². The number of benzene rings is 2. The largest absolute Gasteiger partial charge is 0.368 e. The minimum absolute atomic E-state index is 0.000292. The molecule has 0 aliphatic carbocycles. The third-order valence-corrected chi connectivity index (χ3v) is 7.52. The van der Waals surface area contributed by atoms with Gasteiger partial charge in [-0.15, -0.1) is 0 Å². The molecule has 0 unspecified atom stereocenters. The van der Waals surface area contributed by atoms with Gasteiger partial charge < -0.3 is 10.2 Å². The second-order valence-electron chi connectivity index (χ2n) is 7.81. The third kappa shape index (κ3) is 6.31. The van der Waals surface area contributed by atoms with Gasteiger partial charge in [0.25, 0.3) is 0 Å². The van der Waals surface area contributed by atoms with Gasteiger partial charge in [-0.2, -0.15) is 0 Å². The molecule has 0 bridgehead atoms. The zero-order valence-corrected chi connectivity index (χ0v) is 20.0. The molecule has 1 amide bonds. The lowest BCUT2D eigenvalue weighted by Gasteiger charge is -2.20. The highest BCUT2D eigenvalue weighted by Crippen LogP contribution is 2.19. The van der Waals surface area contributed by atoms with Crippen molar-refractivity contribution in [2.45, 2.75) is 24.2 Å². The molecular formula is C23H29ClN4O3S. The maximum absolute atomic E-state index is 12.6. The van der Waals surface area contributed by atoms with E-state index in [9.17, 15) is 13.2 Å². The number of sulfonamides is 1. The second-order valence-corrected chi connectivity index (χ2v) is 10.3. The van der Waals surface area contributed by atoms with E-state index in [4.69, 9.17) is 11.6 Å². The van der Waals surface area contributed by atoms with Crippen LogP contribution in [0.2, 0.25) is 5.02 Å². The first-order chi connectivity index (χ1) is 15.3. The molecule has 0 fully saturated rings. The zero-order valence-electron chi connectivity index (χ0n) is 18.4. The van der Waals surface area contributed by atoms with E-state index in [0.717, 1.165) is 36.5 Å². The first kappa shape index (κ1) is 24.2. The van der Waals surface area contributed by atoms with Crippen molar-refractivity contribution in [3.05, 3.63) is 64.7 Å². The summed E-state index contributed by atoms with van der Waals surface area (Å²) in [7, 11) is -0.332. The van der Waals surface area contributed by atoms with Crippen molar-refractivity contribution < 1.29 is 13.2 Å². The highest BCUT2D eigenvalue weighted by atomic mass is 35.5. The fourth-order valence-corrected chi connectivity index (χ4v) is 4.92. The Balaban J connectivity index is 1.42. The summed E-state index contributed by atoms with van der Waals surface area (Å²) in [5.74, 6) is 0.936. The van der Waals surface area contributed by atoms with Crippen LogP contribution in [0, 0.1) is 0 Å². The lowest BCUT2D eigenvalue weighted by molar-refractivity contribution is -0.130. The van der Waals surface area contributed by atoms with Crippen molar-refractivity contribution >= 4 is 33.4 Å². The van der Waals surface area contributed by atoms with E-state index in [0.29, 0.717) is 18.0 Å². The number of amides is 1. The van der Waals surface area contributed by atoms with Gasteiger partial charge in [0.2, 0.25) is 15.9 Å². The van der Waals surface area contributed by atoms with E-state index in [1.165, 1.54) is 23.5 Å². The summed E-state index contributed by atoms with van der Waals surface area (Å²) in [6.45, 7) is 2.56.